The average molecular weight is 309 g/mol. The van der Waals surface area contributed by atoms with Crippen molar-refractivity contribution in [2.45, 2.75) is 25.3 Å². The van der Waals surface area contributed by atoms with Crippen LogP contribution < -0.4 is 5.32 Å². The normalized spacial score (nSPS) is 17.6. The molecule has 1 aliphatic heterocycles. The van der Waals surface area contributed by atoms with E-state index in [2.05, 4.69) is 10.3 Å². The third-order valence-corrected chi connectivity index (χ3v) is 4.03. The second-order valence-corrected chi connectivity index (χ2v) is 5.60. The molecule has 3 rings (SSSR count). The SMILES string of the molecule is O=C(Nc1ccncc1)C1CCCCN1C(=O)c1ccccc1. The molecule has 0 aliphatic carbocycles. The minimum atomic E-state index is -0.426. The molecule has 0 radical (unpaired) electrons. The number of nitrogens with zero attached hydrogens (tertiary/aromatic N) is 2. The zero-order chi connectivity index (χ0) is 16.1. The molecule has 118 valence electrons. The number of nitrogens with one attached hydrogen (secondary N) is 1. The van der Waals surface area contributed by atoms with Gasteiger partial charge in [0.25, 0.3) is 5.91 Å². The standard InChI is InChI=1S/C18H19N3O2/c22-17(20-15-9-11-19-12-10-15)16-8-4-5-13-21(16)18(23)14-6-2-1-3-7-14/h1-3,6-7,9-12,16H,4-5,8,13H2,(H,19,20,22). The fraction of sp³-hybridized carbons (Fsp3) is 0.278. The molecule has 1 aliphatic rings. The molecule has 1 unspecified atom stereocenters. The van der Waals surface area contributed by atoms with E-state index in [1.807, 2.05) is 18.2 Å². The molecule has 1 atom stereocenters. The first kappa shape index (κ1) is 15.2. The van der Waals surface area contributed by atoms with Crippen molar-refractivity contribution in [2.75, 3.05) is 11.9 Å². The van der Waals surface area contributed by atoms with Gasteiger partial charge in [-0.2, -0.15) is 0 Å². The van der Waals surface area contributed by atoms with Gasteiger partial charge in [-0.25, -0.2) is 0 Å². The molecule has 1 aromatic heterocycles. The topological polar surface area (TPSA) is 62.3 Å². The highest BCUT2D eigenvalue weighted by Crippen LogP contribution is 2.21. The van der Waals surface area contributed by atoms with E-state index >= 15 is 0 Å². The molecule has 1 aromatic carbocycles. The zero-order valence-corrected chi connectivity index (χ0v) is 12.8. The number of pyridine rings is 1. The first-order valence-corrected chi connectivity index (χ1v) is 7.82. The van der Waals surface area contributed by atoms with Crippen molar-refractivity contribution in [1.82, 2.24) is 9.88 Å². The van der Waals surface area contributed by atoms with Gasteiger partial charge in [0.15, 0.2) is 0 Å². The quantitative estimate of drug-likeness (QED) is 0.948. The number of rotatable bonds is 3. The van der Waals surface area contributed by atoms with E-state index in [9.17, 15) is 9.59 Å². The highest BCUT2D eigenvalue weighted by atomic mass is 16.2. The van der Waals surface area contributed by atoms with Crippen LogP contribution in [0.25, 0.3) is 0 Å². The van der Waals surface area contributed by atoms with Crippen LogP contribution in [0.15, 0.2) is 54.9 Å². The van der Waals surface area contributed by atoms with E-state index < -0.39 is 6.04 Å². The van der Waals surface area contributed by atoms with E-state index in [0.717, 1.165) is 12.8 Å². The van der Waals surface area contributed by atoms with Crippen molar-refractivity contribution in [3.05, 3.63) is 60.4 Å². The van der Waals surface area contributed by atoms with Crippen molar-refractivity contribution in [1.29, 1.82) is 0 Å². The summed E-state index contributed by atoms with van der Waals surface area (Å²) in [6.07, 6.45) is 5.83. The highest BCUT2D eigenvalue weighted by molar-refractivity contribution is 6.01. The van der Waals surface area contributed by atoms with Crippen LogP contribution in [0.5, 0.6) is 0 Å². The Hall–Kier alpha value is -2.69. The summed E-state index contributed by atoms with van der Waals surface area (Å²) in [6.45, 7) is 0.613. The van der Waals surface area contributed by atoms with Crippen LogP contribution in [0.3, 0.4) is 0 Å². The Bertz CT molecular complexity index is 673. The first-order chi connectivity index (χ1) is 11.3. The summed E-state index contributed by atoms with van der Waals surface area (Å²) in [6, 6.07) is 12.2. The first-order valence-electron chi connectivity index (χ1n) is 7.82. The molecule has 1 fully saturated rings. The lowest BCUT2D eigenvalue weighted by molar-refractivity contribution is -0.121. The average Bonchev–Trinajstić information content (AvgIpc) is 2.62. The Morgan fingerprint density at radius 2 is 1.78 bits per heavy atom. The summed E-state index contributed by atoms with van der Waals surface area (Å²) in [7, 11) is 0. The molecule has 2 aromatic rings. The van der Waals surface area contributed by atoms with Crippen molar-refractivity contribution in [3.8, 4) is 0 Å². The number of anilines is 1. The summed E-state index contributed by atoms with van der Waals surface area (Å²) in [5.41, 5.74) is 1.32. The largest absolute Gasteiger partial charge is 0.327 e. The summed E-state index contributed by atoms with van der Waals surface area (Å²) in [5.74, 6) is -0.222. The maximum atomic E-state index is 12.7. The van der Waals surface area contributed by atoms with Gasteiger partial charge in [-0.05, 0) is 43.5 Å². The molecule has 5 heteroatoms. The van der Waals surface area contributed by atoms with Crippen LogP contribution in [0.4, 0.5) is 5.69 Å². The third-order valence-electron chi connectivity index (χ3n) is 4.03. The van der Waals surface area contributed by atoms with Gasteiger partial charge in [0.05, 0.1) is 0 Å². The van der Waals surface area contributed by atoms with Gasteiger partial charge in [0, 0.05) is 30.2 Å². The van der Waals surface area contributed by atoms with Gasteiger partial charge in [-0.15, -0.1) is 0 Å². The molecule has 2 amide bonds. The highest BCUT2D eigenvalue weighted by Gasteiger charge is 2.32. The van der Waals surface area contributed by atoms with Gasteiger partial charge in [-0.1, -0.05) is 18.2 Å². The summed E-state index contributed by atoms with van der Waals surface area (Å²) >= 11 is 0. The number of piperidine rings is 1. The number of hydrogen-bond acceptors (Lipinski definition) is 3. The maximum absolute atomic E-state index is 12.7. The second kappa shape index (κ2) is 7.05. The number of aromatic nitrogens is 1. The van der Waals surface area contributed by atoms with Crippen molar-refractivity contribution >= 4 is 17.5 Å². The Kier molecular flexibility index (Phi) is 4.66. The van der Waals surface area contributed by atoms with Crippen LogP contribution in [0, 0.1) is 0 Å². The second-order valence-electron chi connectivity index (χ2n) is 5.60. The number of carbonyl (C=O) groups excluding carboxylic acids is 2. The summed E-state index contributed by atoms with van der Waals surface area (Å²) < 4.78 is 0. The minimum absolute atomic E-state index is 0.0832. The Balaban J connectivity index is 1.76. The molecule has 5 nitrogen and oxygen atoms in total. The van der Waals surface area contributed by atoms with Crippen LogP contribution in [0.2, 0.25) is 0 Å². The van der Waals surface area contributed by atoms with E-state index in [1.165, 1.54) is 0 Å². The lowest BCUT2D eigenvalue weighted by Gasteiger charge is -2.34. The van der Waals surface area contributed by atoms with E-state index in [4.69, 9.17) is 0 Å². The number of amides is 2. The number of benzene rings is 1. The van der Waals surface area contributed by atoms with Gasteiger partial charge >= 0.3 is 0 Å². The van der Waals surface area contributed by atoms with Gasteiger partial charge < -0.3 is 10.2 Å². The lowest BCUT2D eigenvalue weighted by Crippen LogP contribution is -2.50. The van der Waals surface area contributed by atoms with E-state index in [1.54, 1.807) is 41.6 Å². The number of likely N-dealkylation sites (tertiary alicyclic amines) is 1. The fourth-order valence-electron chi connectivity index (χ4n) is 2.85. The molecule has 0 saturated carbocycles. The Morgan fingerprint density at radius 3 is 2.52 bits per heavy atom. The Labute approximate surface area is 135 Å². The van der Waals surface area contributed by atoms with Crippen molar-refractivity contribution in [2.24, 2.45) is 0 Å². The molecule has 0 spiro atoms. The fourth-order valence-corrected chi connectivity index (χ4v) is 2.85. The van der Waals surface area contributed by atoms with Crippen LogP contribution in [-0.2, 0) is 4.79 Å². The lowest BCUT2D eigenvalue weighted by atomic mass is 10.00. The zero-order valence-electron chi connectivity index (χ0n) is 12.8. The van der Waals surface area contributed by atoms with Crippen LogP contribution in [-0.4, -0.2) is 34.3 Å². The van der Waals surface area contributed by atoms with Crippen molar-refractivity contribution in [3.63, 3.8) is 0 Å². The molecule has 23 heavy (non-hydrogen) atoms. The van der Waals surface area contributed by atoms with Gasteiger partial charge in [0.2, 0.25) is 5.91 Å². The molecule has 1 saturated heterocycles. The number of carbonyl (C=O) groups is 2. The molecule has 2 heterocycles. The molecule has 1 N–H and O–H groups in total. The molecular weight excluding hydrogens is 290 g/mol. The summed E-state index contributed by atoms with van der Waals surface area (Å²) in [5, 5.41) is 2.88. The van der Waals surface area contributed by atoms with E-state index in [-0.39, 0.29) is 11.8 Å². The summed E-state index contributed by atoms with van der Waals surface area (Å²) in [4.78, 5) is 30.9. The smallest absolute Gasteiger partial charge is 0.254 e. The predicted octanol–water partition coefficient (Wildman–Crippen LogP) is 2.72. The third kappa shape index (κ3) is 3.56. The van der Waals surface area contributed by atoms with Gasteiger partial charge in [0.1, 0.15) is 6.04 Å². The molecular formula is C18H19N3O2. The van der Waals surface area contributed by atoms with Crippen LogP contribution in [0.1, 0.15) is 29.6 Å². The number of hydrogen-bond donors (Lipinski definition) is 1. The van der Waals surface area contributed by atoms with Crippen molar-refractivity contribution < 1.29 is 9.59 Å². The monoisotopic (exact) mass is 309 g/mol. The predicted molar refractivity (Wildman–Crippen MR) is 88.0 cm³/mol. The van der Waals surface area contributed by atoms with Crippen LogP contribution >= 0.6 is 0 Å². The van der Waals surface area contributed by atoms with Gasteiger partial charge in [-0.3, -0.25) is 14.6 Å². The maximum Gasteiger partial charge on any atom is 0.254 e. The van der Waals surface area contributed by atoms with E-state index in [0.29, 0.717) is 24.2 Å². The Morgan fingerprint density at radius 1 is 1.04 bits per heavy atom. The minimum Gasteiger partial charge on any atom is -0.327 e. The molecule has 0 bridgehead atoms.